The number of hydrogen-bond acceptors (Lipinski definition) is 6. The topological polar surface area (TPSA) is 113 Å². The van der Waals surface area contributed by atoms with Crippen LogP contribution < -0.4 is 15.4 Å². The van der Waals surface area contributed by atoms with Crippen molar-refractivity contribution in [1.82, 2.24) is 10.3 Å². The normalized spacial score (nSPS) is 21.2. The largest absolute Gasteiger partial charge is 0.496 e. The second-order valence-electron chi connectivity index (χ2n) is 9.22. The van der Waals surface area contributed by atoms with Crippen LogP contribution in [0.25, 0.3) is 11.1 Å². The minimum absolute atomic E-state index is 0.115. The van der Waals surface area contributed by atoms with Gasteiger partial charge in [-0.2, -0.15) is 5.26 Å². The number of nitriles is 1. The van der Waals surface area contributed by atoms with Gasteiger partial charge in [0.2, 0.25) is 11.8 Å². The number of nitrogens with zero attached hydrogens (tertiary/aromatic N) is 2. The van der Waals surface area contributed by atoms with Crippen LogP contribution in [0.4, 0.5) is 14.6 Å². The molecule has 2 N–H and O–H groups in total. The molecule has 4 rings (SSSR count). The van der Waals surface area contributed by atoms with Gasteiger partial charge in [-0.1, -0.05) is 6.42 Å². The van der Waals surface area contributed by atoms with E-state index in [1.165, 1.54) is 25.3 Å². The molecule has 1 saturated heterocycles. The maximum atomic E-state index is 14.6. The highest BCUT2D eigenvalue weighted by molar-refractivity contribution is 5.92. The van der Waals surface area contributed by atoms with Crippen LogP contribution in [-0.2, 0) is 14.3 Å². The monoisotopic (exact) mass is 498 g/mol. The highest BCUT2D eigenvalue weighted by atomic mass is 19.1. The third kappa shape index (κ3) is 5.46. The van der Waals surface area contributed by atoms with E-state index in [0.29, 0.717) is 44.5 Å². The van der Waals surface area contributed by atoms with Crippen LogP contribution in [0.2, 0.25) is 0 Å². The Hall–Kier alpha value is -3.58. The lowest BCUT2D eigenvalue weighted by Crippen LogP contribution is -2.49. The summed E-state index contributed by atoms with van der Waals surface area (Å²) in [4.78, 5) is 29.9. The number of benzene rings is 1. The van der Waals surface area contributed by atoms with Crippen LogP contribution in [0, 0.1) is 34.3 Å². The number of anilines is 1. The number of carbonyl (C=O) groups is 2. The lowest BCUT2D eigenvalue weighted by atomic mass is 9.79. The Bertz CT molecular complexity index is 1180. The maximum Gasteiger partial charge on any atom is 0.240 e. The third-order valence-corrected chi connectivity index (χ3v) is 6.94. The molecule has 2 aromatic rings. The van der Waals surface area contributed by atoms with Gasteiger partial charge in [0, 0.05) is 42.4 Å². The van der Waals surface area contributed by atoms with E-state index < -0.39 is 17.0 Å². The summed E-state index contributed by atoms with van der Waals surface area (Å²) in [7, 11) is 1.36. The van der Waals surface area contributed by atoms with E-state index in [4.69, 9.17) is 9.47 Å². The molecule has 2 atom stereocenters. The highest BCUT2D eigenvalue weighted by Gasteiger charge is 2.42. The first-order chi connectivity index (χ1) is 17.3. The standard InChI is InChI=1S/C26H28F2N4O4/c1-35-22-12-17(27)5-6-19(22)20-13-23(30-14-21(20)28)32-24(33)16-3-2-4-18(11-16)31-25(34)26(15-29)7-9-36-10-8-26/h5-6,12-14,16,18H,2-4,7-11H2,1H3,(H,31,34)(H,30,32,33)/t16-,18+/m0/s1. The molecule has 1 aliphatic heterocycles. The van der Waals surface area contributed by atoms with Crippen LogP contribution in [0.15, 0.2) is 30.5 Å². The van der Waals surface area contributed by atoms with Crippen molar-refractivity contribution in [1.29, 1.82) is 5.26 Å². The van der Waals surface area contributed by atoms with Crippen molar-refractivity contribution in [2.24, 2.45) is 11.3 Å². The second-order valence-corrected chi connectivity index (χ2v) is 9.22. The van der Waals surface area contributed by atoms with E-state index in [-0.39, 0.29) is 40.9 Å². The smallest absolute Gasteiger partial charge is 0.240 e. The summed E-state index contributed by atoms with van der Waals surface area (Å²) in [5, 5.41) is 15.3. The Labute approximate surface area is 208 Å². The van der Waals surface area contributed by atoms with Gasteiger partial charge in [-0.25, -0.2) is 13.8 Å². The van der Waals surface area contributed by atoms with Crippen molar-refractivity contribution in [3.8, 4) is 22.9 Å². The van der Waals surface area contributed by atoms with Crippen molar-refractivity contribution in [3.63, 3.8) is 0 Å². The number of ether oxygens (including phenoxy) is 2. The molecule has 0 spiro atoms. The molecule has 2 fully saturated rings. The minimum Gasteiger partial charge on any atom is -0.496 e. The fourth-order valence-electron chi connectivity index (χ4n) is 4.82. The predicted molar refractivity (Wildman–Crippen MR) is 127 cm³/mol. The summed E-state index contributed by atoms with van der Waals surface area (Å²) in [6.45, 7) is 0.736. The van der Waals surface area contributed by atoms with Crippen molar-refractivity contribution >= 4 is 17.6 Å². The van der Waals surface area contributed by atoms with Gasteiger partial charge >= 0.3 is 0 Å². The van der Waals surface area contributed by atoms with Gasteiger partial charge < -0.3 is 20.1 Å². The number of carbonyl (C=O) groups excluding carboxylic acids is 2. The van der Waals surface area contributed by atoms with E-state index in [1.54, 1.807) is 0 Å². The Morgan fingerprint density at radius 3 is 2.69 bits per heavy atom. The molecular formula is C26H28F2N4O4. The second kappa shape index (κ2) is 11.0. The lowest BCUT2D eigenvalue weighted by molar-refractivity contribution is -0.134. The molecule has 1 aromatic carbocycles. The van der Waals surface area contributed by atoms with Gasteiger partial charge in [-0.15, -0.1) is 0 Å². The number of amides is 2. The molecule has 0 bridgehead atoms. The van der Waals surface area contributed by atoms with E-state index >= 15 is 0 Å². The first-order valence-electron chi connectivity index (χ1n) is 12.0. The molecule has 1 saturated carbocycles. The van der Waals surface area contributed by atoms with Gasteiger partial charge in [0.25, 0.3) is 0 Å². The highest BCUT2D eigenvalue weighted by Crippen LogP contribution is 2.34. The SMILES string of the molecule is COc1cc(F)ccc1-c1cc(NC(=O)[C@H]2CCC[C@@H](NC(=O)C3(C#N)CCOCC3)C2)ncc1F. The van der Waals surface area contributed by atoms with Gasteiger partial charge in [0.05, 0.1) is 19.4 Å². The number of nitrogens with one attached hydrogen (secondary N) is 2. The van der Waals surface area contributed by atoms with Crippen molar-refractivity contribution in [2.45, 2.75) is 44.6 Å². The van der Waals surface area contributed by atoms with Crippen molar-refractivity contribution in [3.05, 3.63) is 42.1 Å². The zero-order valence-electron chi connectivity index (χ0n) is 20.0. The van der Waals surface area contributed by atoms with Crippen LogP contribution >= 0.6 is 0 Å². The average Bonchev–Trinajstić information content (AvgIpc) is 2.90. The molecule has 2 aliphatic rings. The molecule has 0 radical (unpaired) electrons. The maximum absolute atomic E-state index is 14.6. The third-order valence-electron chi connectivity index (χ3n) is 6.94. The van der Waals surface area contributed by atoms with Gasteiger partial charge in [0.15, 0.2) is 0 Å². The van der Waals surface area contributed by atoms with E-state index in [1.807, 2.05) is 0 Å². The first-order valence-corrected chi connectivity index (χ1v) is 12.0. The van der Waals surface area contributed by atoms with Gasteiger partial charge in [-0.3, -0.25) is 9.59 Å². The minimum atomic E-state index is -1.09. The summed E-state index contributed by atoms with van der Waals surface area (Å²) in [5.41, 5.74) is -0.651. The quantitative estimate of drug-likeness (QED) is 0.623. The molecule has 1 aliphatic carbocycles. The number of aromatic nitrogens is 1. The molecule has 2 heterocycles. The molecule has 190 valence electrons. The summed E-state index contributed by atoms with van der Waals surface area (Å²) in [6.07, 6.45) is 4.21. The lowest BCUT2D eigenvalue weighted by Gasteiger charge is -2.34. The zero-order chi connectivity index (χ0) is 25.7. The van der Waals surface area contributed by atoms with Crippen molar-refractivity contribution < 1.29 is 27.8 Å². The molecular weight excluding hydrogens is 470 g/mol. The number of methoxy groups -OCH3 is 1. The number of rotatable bonds is 6. The molecule has 1 aromatic heterocycles. The van der Waals surface area contributed by atoms with Crippen molar-refractivity contribution in [2.75, 3.05) is 25.6 Å². The summed E-state index contributed by atoms with van der Waals surface area (Å²) >= 11 is 0. The van der Waals surface area contributed by atoms with Gasteiger partial charge in [0.1, 0.15) is 28.6 Å². The molecule has 36 heavy (non-hydrogen) atoms. The van der Waals surface area contributed by atoms with Crippen LogP contribution in [-0.4, -0.2) is 43.2 Å². The molecule has 10 heteroatoms. The zero-order valence-corrected chi connectivity index (χ0v) is 20.0. The Balaban J connectivity index is 1.43. The number of pyridine rings is 1. The fourth-order valence-corrected chi connectivity index (χ4v) is 4.82. The summed E-state index contributed by atoms with van der Waals surface area (Å²) in [6, 6.07) is 7.08. The average molecular weight is 499 g/mol. The van der Waals surface area contributed by atoms with E-state index in [2.05, 4.69) is 21.7 Å². The fraction of sp³-hybridized carbons (Fsp3) is 0.462. The van der Waals surface area contributed by atoms with Gasteiger partial charge in [-0.05, 0) is 50.3 Å². The van der Waals surface area contributed by atoms with Crippen LogP contribution in [0.3, 0.4) is 0 Å². The first kappa shape index (κ1) is 25.5. The Morgan fingerprint density at radius 2 is 1.97 bits per heavy atom. The van der Waals surface area contributed by atoms with E-state index in [0.717, 1.165) is 25.1 Å². The molecule has 2 amide bonds. The summed E-state index contributed by atoms with van der Waals surface area (Å²) in [5.74, 6) is -1.83. The number of hydrogen-bond donors (Lipinski definition) is 2. The number of halogens is 2. The van der Waals surface area contributed by atoms with E-state index in [9.17, 15) is 23.6 Å². The van der Waals surface area contributed by atoms with Crippen LogP contribution in [0.5, 0.6) is 5.75 Å². The Kier molecular flexibility index (Phi) is 7.79. The molecule has 8 nitrogen and oxygen atoms in total. The Morgan fingerprint density at radius 1 is 1.19 bits per heavy atom. The molecule has 0 unspecified atom stereocenters. The van der Waals surface area contributed by atoms with Crippen LogP contribution in [0.1, 0.15) is 38.5 Å². The predicted octanol–water partition coefficient (Wildman–Crippen LogP) is 3.97. The summed E-state index contributed by atoms with van der Waals surface area (Å²) < 4.78 is 38.6.